The Labute approximate surface area is 127 Å². The van der Waals surface area contributed by atoms with Crippen molar-refractivity contribution >= 4 is 17.7 Å². The topological polar surface area (TPSA) is 88.1 Å². The van der Waals surface area contributed by atoms with Gasteiger partial charge in [-0.15, -0.1) is 0 Å². The van der Waals surface area contributed by atoms with Gasteiger partial charge in [-0.25, -0.2) is 4.79 Å². The second-order valence-corrected chi connectivity index (χ2v) is 4.68. The van der Waals surface area contributed by atoms with Gasteiger partial charge in [-0.1, -0.05) is 6.07 Å². The average molecular weight is 308 g/mol. The second-order valence-electron chi connectivity index (χ2n) is 4.68. The maximum atomic E-state index is 11.6. The minimum Gasteiger partial charge on any atom is -0.493 e. The van der Waals surface area contributed by atoms with E-state index in [1.807, 2.05) is 0 Å². The normalized spacial score (nSPS) is 17.1. The Kier molecular flexibility index (Phi) is 4.98. The van der Waals surface area contributed by atoms with Crippen LogP contribution in [-0.4, -0.2) is 45.2 Å². The van der Waals surface area contributed by atoms with Gasteiger partial charge >= 0.3 is 11.9 Å². The Morgan fingerprint density at radius 1 is 1.27 bits per heavy atom. The number of ether oxygens (including phenoxy) is 4. The monoisotopic (exact) mass is 308 g/mol. The lowest BCUT2D eigenvalue weighted by atomic mass is 9.97. The number of Topliss-reactive ketones (excluding diaryl/α,β-unsaturated/α-hetero) is 1. The zero-order valence-corrected chi connectivity index (χ0v) is 12.3. The molecule has 0 aliphatic carbocycles. The molecule has 1 heterocycles. The first-order chi connectivity index (χ1) is 10.5. The number of methoxy groups -OCH3 is 2. The van der Waals surface area contributed by atoms with Crippen LogP contribution in [0.4, 0.5) is 0 Å². The Morgan fingerprint density at radius 3 is 2.64 bits per heavy atom. The van der Waals surface area contributed by atoms with E-state index in [-0.39, 0.29) is 25.4 Å². The van der Waals surface area contributed by atoms with Gasteiger partial charge < -0.3 is 18.9 Å². The van der Waals surface area contributed by atoms with Crippen molar-refractivity contribution in [1.29, 1.82) is 0 Å². The highest BCUT2D eigenvalue weighted by Gasteiger charge is 2.35. The highest BCUT2D eigenvalue weighted by molar-refractivity contribution is 6.04. The molecule has 1 aromatic carbocycles. The fourth-order valence-electron chi connectivity index (χ4n) is 2.06. The molecule has 2 rings (SSSR count). The van der Waals surface area contributed by atoms with Crippen LogP contribution in [0.5, 0.6) is 11.5 Å². The fourth-order valence-corrected chi connectivity index (χ4v) is 2.06. The summed E-state index contributed by atoms with van der Waals surface area (Å²) in [5.74, 6) is -1.29. The standard InChI is InChI=1S/C15H16O7/c1-19-12-4-3-9(5-10-11(16)7-22-15(10)18)6-13(12)21-8-14(17)20-2/h3-4,6,10H,5,7-8H2,1-2H3. The van der Waals surface area contributed by atoms with Crippen LogP contribution < -0.4 is 9.47 Å². The van der Waals surface area contributed by atoms with E-state index in [9.17, 15) is 14.4 Å². The number of rotatable bonds is 6. The van der Waals surface area contributed by atoms with Crippen LogP contribution in [0.3, 0.4) is 0 Å². The first kappa shape index (κ1) is 15.8. The van der Waals surface area contributed by atoms with Gasteiger partial charge in [0.2, 0.25) is 0 Å². The molecular weight excluding hydrogens is 292 g/mol. The summed E-state index contributed by atoms with van der Waals surface area (Å²) in [5, 5.41) is 0. The maximum absolute atomic E-state index is 11.6. The van der Waals surface area contributed by atoms with Crippen LogP contribution in [0, 0.1) is 5.92 Å². The van der Waals surface area contributed by atoms with E-state index in [2.05, 4.69) is 4.74 Å². The van der Waals surface area contributed by atoms with E-state index in [0.29, 0.717) is 17.1 Å². The van der Waals surface area contributed by atoms with Crippen LogP contribution in [-0.2, 0) is 30.3 Å². The van der Waals surface area contributed by atoms with Crippen molar-refractivity contribution < 1.29 is 33.3 Å². The zero-order chi connectivity index (χ0) is 16.1. The highest BCUT2D eigenvalue weighted by atomic mass is 16.6. The summed E-state index contributed by atoms with van der Waals surface area (Å²) < 4.78 is 19.7. The molecule has 0 bridgehead atoms. The third-order valence-corrected chi connectivity index (χ3v) is 3.27. The molecule has 118 valence electrons. The van der Waals surface area contributed by atoms with Gasteiger partial charge in [-0.3, -0.25) is 9.59 Å². The lowest BCUT2D eigenvalue weighted by Crippen LogP contribution is -2.18. The van der Waals surface area contributed by atoms with Crippen molar-refractivity contribution in [2.45, 2.75) is 6.42 Å². The molecule has 1 aromatic rings. The fraction of sp³-hybridized carbons (Fsp3) is 0.400. The minimum absolute atomic E-state index is 0.175. The van der Waals surface area contributed by atoms with E-state index in [1.54, 1.807) is 18.2 Å². The zero-order valence-electron chi connectivity index (χ0n) is 12.3. The summed E-state index contributed by atoms with van der Waals surface area (Å²) in [6.07, 6.45) is 0.218. The smallest absolute Gasteiger partial charge is 0.343 e. The molecule has 1 aliphatic rings. The molecule has 0 saturated carbocycles. The summed E-state index contributed by atoms with van der Waals surface area (Å²) in [4.78, 5) is 34.2. The first-order valence-electron chi connectivity index (χ1n) is 6.61. The summed E-state index contributed by atoms with van der Waals surface area (Å²) in [5.41, 5.74) is 0.706. The Balaban J connectivity index is 2.14. The number of ketones is 1. The van der Waals surface area contributed by atoms with Crippen LogP contribution >= 0.6 is 0 Å². The minimum atomic E-state index is -0.790. The van der Waals surface area contributed by atoms with Gasteiger partial charge in [0.15, 0.2) is 30.5 Å². The van der Waals surface area contributed by atoms with Crippen molar-refractivity contribution in [1.82, 2.24) is 0 Å². The van der Waals surface area contributed by atoms with Gasteiger partial charge in [-0.05, 0) is 24.1 Å². The number of carbonyl (C=O) groups is 3. The van der Waals surface area contributed by atoms with E-state index in [4.69, 9.17) is 14.2 Å². The molecule has 0 amide bonds. The molecular formula is C15H16O7. The summed E-state index contributed by atoms with van der Waals surface area (Å²) >= 11 is 0. The second kappa shape index (κ2) is 6.93. The van der Waals surface area contributed by atoms with Crippen molar-refractivity contribution in [3.8, 4) is 11.5 Å². The predicted octanol–water partition coefficient (Wildman–Crippen LogP) is 0.532. The molecule has 0 N–H and O–H groups in total. The lowest BCUT2D eigenvalue weighted by Gasteiger charge is -2.12. The molecule has 7 nitrogen and oxygen atoms in total. The largest absolute Gasteiger partial charge is 0.493 e. The Morgan fingerprint density at radius 2 is 2.05 bits per heavy atom. The first-order valence-corrected chi connectivity index (χ1v) is 6.61. The van der Waals surface area contributed by atoms with Crippen LogP contribution in [0.1, 0.15) is 5.56 Å². The highest BCUT2D eigenvalue weighted by Crippen LogP contribution is 2.29. The molecule has 0 aromatic heterocycles. The molecule has 7 heteroatoms. The molecule has 22 heavy (non-hydrogen) atoms. The van der Waals surface area contributed by atoms with Gasteiger partial charge in [-0.2, -0.15) is 0 Å². The van der Waals surface area contributed by atoms with Gasteiger partial charge in [0.1, 0.15) is 5.92 Å². The van der Waals surface area contributed by atoms with Crippen molar-refractivity contribution in [2.75, 3.05) is 27.4 Å². The van der Waals surface area contributed by atoms with Crippen LogP contribution in [0.25, 0.3) is 0 Å². The van der Waals surface area contributed by atoms with Crippen molar-refractivity contribution in [2.24, 2.45) is 5.92 Å². The number of hydrogen-bond donors (Lipinski definition) is 0. The summed E-state index contributed by atoms with van der Waals surface area (Å²) in [7, 11) is 2.73. The third-order valence-electron chi connectivity index (χ3n) is 3.27. The Bertz CT molecular complexity index is 578. The number of cyclic esters (lactones) is 1. The number of carbonyl (C=O) groups excluding carboxylic acids is 3. The van der Waals surface area contributed by atoms with Crippen molar-refractivity contribution in [3.63, 3.8) is 0 Å². The van der Waals surface area contributed by atoms with E-state index < -0.39 is 17.9 Å². The van der Waals surface area contributed by atoms with E-state index >= 15 is 0 Å². The van der Waals surface area contributed by atoms with Gasteiger partial charge in [0, 0.05) is 0 Å². The summed E-state index contributed by atoms with van der Waals surface area (Å²) in [6.45, 7) is -0.438. The number of benzene rings is 1. The van der Waals surface area contributed by atoms with Crippen molar-refractivity contribution in [3.05, 3.63) is 23.8 Å². The predicted molar refractivity (Wildman–Crippen MR) is 73.7 cm³/mol. The quantitative estimate of drug-likeness (QED) is 0.559. The third kappa shape index (κ3) is 3.55. The SMILES string of the molecule is COC(=O)COc1cc(CC2C(=O)COC2=O)ccc1OC. The van der Waals surface area contributed by atoms with E-state index in [0.717, 1.165) is 0 Å². The maximum Gasteiger partial charge on any atom is 0.343 e. The number of hydrogen-bond acceptors (Lipinski definition) is 7. The molecule has 1 aliphatic heterocycles. The number of esters is 2. The van der Waals surface area contributed by atoms with E-state index in [1.165, 1.54) is 14.2 Å². The molecule has 1 atom stereocenters. The molecule has 1 saturated heterocycles. The Hall–Kier alpha value is -2.57. The molecule has 1 unspecified atom stereocenters. The average Bonchev–Trinajstić information content (AvgIpc) is 2.84. The van der Waals surface area contributed by atoms with Gasteiger partial charge in [0.25, 0.3) is 0 Å². The molecule has 0 radical (unpaired) electrons. The molecule has 0 spiro atoms. The molecule has 1 fully saturated rings. The lowest BCUT2D eigenvalue weighted by molar-refractivity contribution is -0.143. The summed E-state index contributed by atoms with van der Waals surface area (Å²) in [6, 6.07) is 5.00. The van der Waals surface area contributed by atoms with Gasteiger partial charge in [0.05, 0.1) is 14.2 Å². The van der Waals surface area contributed by atoms with Crippen LogP contribution in [0.15, 0.2) is 18.2 Å². The van der Waals surface area contributed by atoms with Crippen LogP contribution in [0.2, 0.25) is 0 Å².